The first kappa shape index (κ1) is 37.1. The maximum absolute atomic E-state index is 6.19. The van der Waals surface area contributed by atoms with Crippen LogP contribution < -0.4 is 9.80 Å². The van der Waals surface area contributed by atoms with Gasteiger partial charge in [-0.1, -0.05) is 111 Å². The zero-order chi connectivity index (χ0) is 38.5. The number of pyridine rings is 2. The van der Waals surface area contributed by atoms with E-state index in [1.165, 1.54) is 5.56 Å². The molecule has 9 aromatic rings. The van der Waals surface area contributed by atoms with Crippen LogP contribution in [0.25, 0.3) is 39.0 Å². The van der Waals surface area contributed by atoms with Crippen LogP contribution in [0.15, 0.2) is 175 Å². The van der Waals surface area contributed by atoms with Gasteiger partial charge in [0, 0.05) is 44.5 Å². The van der Waals surface area contributed by atoms with Crippen molar-refractivity contribution in [2.75, 3.05) is 9.80 Å². The Balaban J connectivity index is 0.00000436. The van der Waals surface area contributed by atoms with Gasteiger partial charge in [-0.25, -0.2) is 9.97 Å². The second-order valence-electron chi connectivity index (χ2n) is 15.2. The molecule has 5 aromatic carbocycles. The quantitative estimate of drug-likeness (QED) is 0.118. The molecule has 0 spiro atoms. The number of benzene rings is 5. The molecule has 5 heterocycles. The van der Waals surface area contributed by atoms with Crippen LogP contribution in [0.4, 0.5) is 22.9 Å². The molecule has 0 saturated heterocycles. The van der Waals surface area contributed by atoms with Gasteiger partial charge >= 0.3 is 0 Å². The summed E-state index contributed by atoms with van der Waals surface area (Å²) in [6.07, 6.45) is 5.47. The van der Waals surface area contributed by atoms with Gasteiger partial charge in [0.05, 0.1) is 12.0 Å². The molecule has 0 atom stereocenters. The maximum Gasteiger partial charge on any atom is 0.202 e. The minimum atomic E-state index is -0.0598. The Morgan fingerprint density at radius 3 is 2.05 bits per heavy atom. The van der Waals surface area contributed by atoms with Gasteiger partial charge in [0.2, 0.25) is 5.71 Å². The summed E-state index contributed by atoms with van der Waals surface area (Å²) >= 11 is 0. The summed E-state index contributed by atoms with van der Waals surface area (Å²) in [5.74, 6) is 1.62. The number of fused-ring (bicyclic) bond motifs is 4. The molecule has 0 aliphatic carbocycles. The first-order chi connectivity index (χ1) is 27.9. The summed E-state index contributed by atoms with van der Waals surface area (Å²) in [5.41, 5.74) is 11.8. The zero-order valence-electron chi connectivity index (χ0n) is 32.2. The fourth-order valence-electron chi connectivity index (χ4n) is 7.82. The summed E-state index contributed by atoms with van der Waals surface area (Å²) in [4.78, 5) is 14.0. The molecular formula is C51H38N5OPt-3. The topological polar surface area (TPSA) is 50.3 Å². The Hall–Kier alpha value is -6.49. The minimum absolute atomic E-state index is 0. The van der Waals surface area contributed by atoms with Crippen molar-refractivity contribution in [2.45, 2.75) is 26.2 Å². The van der Waals surface area contributed by atoms with Gasteiger partial charge in [0.15, 0.2) is 0 Å². The van der Waals surface area contributed by atoms with E-state index in [0.29, 0.717) is 0 Å². The molecule has 4 aromatic heterocycles. The third kappa shape index (κ3) is 6.54. The Kier molecular flexibility index (Phi) is 9.67. The molecule has 286 valence electrons. The second kappa shape index (κ2) is 15.1. The van der Waals surface area contributed by atoms with Crippen molar-refractivity contribution in [3.63, 3.8) is 0 Å². The Morgan fingerprint density at radius 2 is 1.33 bits per heavy atom. The van der Waals surface area contributed by atoms with Crippen LogP contribution in [0.3, 0.4) is 0 Å². The van der Waals surface area contributed by atoms with E-state index >= 15 is 0 Å². The molecule has 0 amide bonds. The van der Waals surface area contributed by atoms with E-state index in [2.05, 4.69) is 187 Å². The number of aromatic nitrogens is 3. The number of hydrogen-bond acceptors (Lipinski definition) is 5. The Labute approximate surface area is 353 Å². The smallest absolute Gasteiger partial charge is 0.202 e. The third-order valence-electron chi connectivity index (χ3n) is 10.6. The van der Waals surface area contributed by atoms with Crippen molar-refractivity contribution in [1.82, 2.24) is 14.5 Å². The molecule has 0 bridgehead atoms. The van der Waals surface area contributed by atoms with Crippen LogP contribution in [0.1, 0.15) is 48.6 Å². The standard InChI is InChI=1S/C51H38N5O.Pt/c1-51(2,3)39-26-29-52-46(33-39)56-45-32-38(24-25-42(45)43-27-30-57-50(43)56)48(47(35-15-7-4-8-16-35)36-17-9-5-10-18-36)37-19-13-22-41(31-37)55-34-54(40-20-11-6-12-21-40)44-23-14-28-53-49(44)55;/h4-30,33-34H,1-3H3;/q-3;. The van der Waals surface area contributed by atoms with Crippen LogP contribution in [0, 0.1) is 18.8 Å². The summed E-state index contributed by atoms with van der Waals surface area (Å²) < 4.78 is 8.30. The summed E-state index contributed by atoms with van der Waals surface area (Å²) in [6.45, 7) is 8.75. The fourth-order valence-corrected chi connectivity index (χ4v) is 7.82. The molecule has 0 radical (unpaired) electrons. The van der Waals surface area contributed by atoms with Crippen molar-refractivity contribution >= 4 is 56.0 Å². The average Bonchev–Trinajstić information content (AvgIpc) is 3.97. The normalized spacial score (nSPS) is 12.5. The molecular weight excluding hydrogens is 894 g/mol. The summed E-state index contributed by atoms with van der Waals surface area (Å²) in [5, 5.41) is 2.05. The van der Waals surface area contributed by atoms with Gasteiger partial charge in [-0.15, -0.1) is 65.8 Å². The number of nitrogens with zero attached hydrogens (tertiary/aromatic N) is 5. The van der Waals surface area contributed by atoms with Crippen LogP contribution in [0.5, 0.6) is 0 Å². The second-order valence-corrected chi connectivity index (χ2v) is 15.2. The van der Waals surface area contributed by atoms with Crippen LogP contribution in [-0.2, 0) is 26.5 Å². The van der Waals surface area contributed by atoms with E-state index in [9.17, 15) is 0 Å². The molecule has 7 heteroatoms. The maximum atomic E-state index is 6.19. The van der Waals surface area contributed by atoms with Crippen molar-refractivity contribution in [3.8, 4) is 5.82 Å². The van der Waals surface area contributed by atoms with Gasteiger partial charge in [-0.05, 0) is 75.7 Å². The molecule has 58 heavy (non-hydrogen) atoms. The zero-order valence-corrected chi connectivity index (χ0v) is 34.5. The van der Waals surface area contributed by atoms with Crippen LogP contribution in [-0.4, -0.2) is 14.5 Å². The molecule has 0 N–H and O–H groups in total. The van der Waals surface area contributed by atoms with Gasteiger partial charge in [0.25, 0.3) is 0 Å². The molecule has 6 nitrogen and oxygen atoms in total. The van der Waals surface area contributed by atoms with Crippen LogP contribution >= 0.6 is 0 Å². The molecule has 0 saturated carbocycles. The van der Waals surface area contributed by atoms with Gasteiger partial charge in [-0.3, -0.25) is 4.57 Å². The Bertz CT molecular complexity index is 2890. The number of rotatable bonds is 7. The largest absolute Gasteiger partial charge is 0.473 e. The number of hydrogen-bond donors (Lipinski definition) is 0. The van der Waals surface area contributed by atoms with E-state index < -0.39 is 0 Å². The molecule has 10 rings (SSSR count). The number of anilines is 4. The Morgan fingerprint density at radius 1 is 0.621 bits per heavy atom. The van der Waals surface area contributed by atoms with E-state index in [1.807, 2.05) is 30.6 Å². The van der Waals surface area contributed by atoms with Crippen molar-refractivity contribution in [1.29, 1.82) is 0 Å². The van der Waals surface area contributed by atoms with Crippen LogP contribution in [0.2, 0.25) is 0 Å². The van der Waals surface area contributed by atoms with Crippen molar-refractivity contribution in [3.05, 3.63) is 217 Å². The SMILES string of the molecule is CC(C)(C)c1ccnc(-n2c3[c-]c(C(=C(c4ccccc4)c4ccccc4)c4[c-]c(N5[CH-]N(c6ccccc6)c6cccnc65)ccc4)ccc3c3ccoc32)c1.[Pt]. The third-order valence-corrected chi connectivity index (χ3v) is 10.6. The first-order valence-electron chi connectivity index (χ1n) is 19.1. The summed E-state index contributed by atoms with van der Waals surface area (Å²) in [6, 6.07) is 60.4. The van der Waals surface area contributed by atoms with E-state index in [-0.39, 0.29) is 26.5 Å². The minimum Gasteiger partial charge on any atom is -0.473 e. The monoisotopic (exact) mass is 931 g/mol. The summed E-state index contributed by atoms with van der Waals surface area (Å²) in [7, 11) is 0. The average molecular weight is 932 g/mol. The molecule has 1 aliphatic heterocycles. The number of furan rings is 1. The van der Waals surface area contributed by atoms with Gasteiger partial charge in [-0.2, -0.15) is 0 Å². The number of para-hydroxylation sites is 1. The molecule has 1 aliphatic rings. The predicted molar refractivity (Wildman–Crippen MR) is 231 cm³/mol. The van der Waals surface area contributed by atoms with E-state index in [1.54, 1.807) is 6.26 Å². The molecule has 0 unspecified atom stereocenters. The van der Waals surface area contributed by atoms with Crippen molar-refractivity contribution < 1.29 is 25.5 Å². The first-order valence-corrected chi connectivity index (χ1v) is 19.1. The van der Waals surface area contributed by atoms with Crippen molar-refractivity contribution in [2.24, 2.45) is 0 Å². The van der Waals surface area contributed by atoms with Gasteiger partial charge < -0.3 is 14.2 Å². The van der Waals surface area contributed by atoms with E-state index in [4.69, 9.17) is 14.4 Å². The fraction of sp³-hybridized carbons (Fsp3) is 0.0784. The molecule has 0 fully saturated rings. The predicted octanol–water partition coefficient (Wildman–Crippen LogP) is 12.5. The van der Waals surface area contributed by atoms with Gasteiger partial charge in [0.1, 0.15) is 11.6 Å². The van der Waals surface area contributed by atoms with E-state index in [0.717, 1.165) is 84.1 Å².